The molecule has 3 heterocycles. The van der Waals surface area contributed by atoms with Gasteiger partial charge >= 0.3 is 5.96 Å². The number of aliphatic hydroxyl groups is 3. The number of aliphatic hydroxyl groups excluding tert-OH is 1. The maximum absolute atomic E-state index is 12.1. The van der Waals surface area contributed by atoms with E-state index in [9.17, 15) is 20.5 Å². The molecule has 0 bridgehead atoms. The summed E-state index contributed by atoms with van der Waals surface area (Å²) < 4.78 is 0.512. The van der Waals surface area contributed by atoms with Gasteiger partial charge in [0.05, 0.1) is 24.9 Å². The highest BCUT2D eigenvalue weighted by Gasteiger charge is 2.72. The summed E-state index contributed by atoms with van der Waals surface area (Å²) in [6.45, 7) is -0.258. The first-order chi connectivity index (χ1) is 8.85. The van der Waals surface area contributed by atoms with Crippen molar-refractivity contribution >= 4 is 11.8 Å². The summed E-state index contributed by atoms with van der Waals surface area (Å²) in [6.07, 6.45) is 0.226. The third-order valence-electron chi connectivity index (χ3n) is 4.40. The molecule has 0 aliphatic carbocycles. The highest BCUT2D eigenvalue weighted by atomic mass is 16.5. The fourth-order valence-electron chi connectivity index (χ4n) is 3.55. The molecule has 106 valence electrons. The Balaban J connectivity index is 2.21. The highest BCUT2D eigenvalue weighted by molar-refractivity contribution is 5.86. The third kappa shape index (κ3) is 1.24. The Morgan fingerprint density at radius 2 is 2.16 bits per heavy atom. The van der Waals surface area contributed by atoms with E-state index < -0.39 is 30.0 Å². The SMILES string of the molecule is NC1=NC23C(C1)C(CO)[N+]([O-])=C(N)N2CCC3(O)O. The minimum absolute atomic E-state index is 0.00691. The van der Waals surface area contributed by atoms with Crippen LogP contribution in [0.5, 0.6) is 0 Å². The average Bonchev–Trinajstić information content (AvgIpc) is 2.80. The molecule has 3 aliphatic rings. The maximum Gasteiger partial charge on any atom is 0.348 e. The van der Waals surface area contributed by atoms with Crippen LogP contribution in [0.1, 0.15) is 12.8 Å². The Kier molecular flexibility index (Phi) is 2.29. The minimum Gasteiger partial charge on any atom is -0.744 e. The first-order valence-corrected chi connectivity index (χ1v) is 6.11. The molecular formula is C10H17N5O4. The molecule has 1 spiro atoms. The molecule has 0 radical (unpaired) electrons. The number of rotatable bonds is 1. The van der Waals surface area contributed by atoms with Gasteiger partial charge in [-0.25, -0.2) is 9.89 Å². The number of hydrogen-bond acceptors (Lipinski definition) is 8. The maximum atomic E-state index is 12.1. The molecule has 9 nitrogen and oxygen atoms in total. The van der Waals surface area contributed by atoms with Crippen LogP contribution in [-0.2, 0) is 0 Å². The normalized spacial score (nSPS) is 40.2. The van der Waals surface area contributed by atoms with E-state index >= 15 is 0 Å². The zero-order valence-corrected chi connectivity index (χ0v) is 10.2. The van der Waals surface area contributed by atoms with Gasteiger partial charge in [0.2, 0.25) is 11.4 Å². The molecule has 19 heavy (non-hydrogen) atoms. The number of hydrogen-bond donors (Lipinski definition) is 5. The van der Waals surface area contributed by atoms with Gasteiger partial charge in [0, 0.05) is 12.8 Å². The van der Waals surface area contributed by atoms with Crippen molar-refractivity contribution in [3.05, 3.63) is 5.21 Å². The molecule has 0 amide bonds. The van der Waals surface area contributed by atoms with Crippen LogP contribution in [0, 0.1) is 11.1 Å². The van der Waals surface area contributed by atoms with Crippen LogP contribution in [0.3, 0.4) is 0 Å². The lowest BCUT2D eigenvalue weighted by Crippen LogP contribution is -2.70. The Morgan fingerprint density at radius 1 is 1.47 bits per heavy atom. The topological polar surface area (TPSA) is 154 Å². The smallest absolute Gasteiger partial charge is 0.348 e. The Morgan fingerprint density at radius 3 is 2.79 bits per heavy atom. The van der Waals surface area contributed by atoms with Crippen molar-refractivity contribution in [2.24, 2.45) is 22.4 Å². The average molecular weight is 271 g/mol. The number of nitrogens with zero attached hydrogens (tertiary/aromatic N) is 3. The lowest BCUT2D eigenvalue weighted by molar-refractivity contribution is -0.538. The summed E-state index contributed by atoms with van der Waals surface area (Å²) in [7, 11) is 0. The molecule has 7 N–H and O–H groups in total. The zero-order valence-electron chi connectivity index (χ0n) is 10.2. The van der Waals surface area contributed by atoms with Crippen LogP contribution in [0.2, 0.25) is 0 Å². The highest BCUT2D eigenvalue weighted by Crippen LogP contribution is 2.50. The van der Waals surface area contributed by atoms with Crippen molar-refractivity contribution in [3.63, 3.8) is 0 Å². The fraction of sp³-hybridized carbons (Fsp3) is 0.800. The van der Waals surface area contributed by atoms with Crippen molar-refractivity contribution in [2.75, 3.05) is 13.2 Å². The largest absolute Gasteiger partial charge is 0.744 e. The summed E-state index contributed by atoms with van der Waals surface area (Å²) in [4.78, 5) is 5.57. The molecule has 1 fully saturated rings. The van der Waals surface area contributed by atoms with E-state index in [-0.39, 0.29) is 31.2 Å². The van der Waals surface area contributed by atoms with Crippen LogP contribution in [0.25, 0.3) is 0 Å². The van der Waals surface area contributed by atoms with Crippen molar-refractivity contribution in [1.29, 1.82) is 0 Å². The number of hydroxylamine groups is 1. The Bertz CT molecular complexity index is 490. The van der Waals surface area contributed by atoms with E-state index in [0.29, 0.717) is 4.74 Å². The van der Waals surface area contributed by atoms with Crippen LogP contribution < -0.4 is 11.5 Å². The molecule has 0 aromatic carbocycles. The lowest BCUT2D eigenvalue weighted by atomic mass is 9.80. The minimum atomic E-state index is -2.13. The van der Waals surface area contributed by atoms with E-state index in [1.165, 1.54) is 4.90 Å². The third-order valence-corrected chi connectivity index (χ3v) is 4.40. The quantitative estimate of drug-likeness (QED) is 0.189. The van der Waals surface area contributed by atoms with Gasteiger partial charge in [0.1, 0.15) is 6.04 Å². The van der Waals surface area contributed by atoms with Gasteiger partial charge in [-0.05, 0) is 0 Å². The van der Waals surface area contributed by atoms with Crippen molar-refractivity contribution in [3.8, 4) is 0 Å². The summed E-state index contributed by atoms with van der Waals surface area (Å²) in [5, 5.41) is 42.0. The van der Waals surface area contributed by atoms with Crippen molar-refractivity contribution in [2.45, 2.75) is 30.3 Å². The first kappa shape index (κ1) is 12.5. The van der Waals surface area contributed by atoms with E-state index in [2.05, 4.69) is 4.99 Å². The molecule has 1 saturated heterocycles. The predicted octanol–water partition coefficient (Wildman–Crippen LogP) is -3.35. The second-order valence-electron chi connectivity index (χ2n) is 5.29. The van der Waals surface area contributed by atoms with Gasteiger partial charge in [-0.1, -0.05) is 0 Å². The molecule has 0 aromatic rings. The second-order valence-corrected chi connectivity index (χ2v) is 5.29. The summed E-state index contributed by atoms with van der Waals surface area (Å²) in [5.41, 5.74) is 10.0. The number of amidine groups is 1. The van der Waals surface area contributed by atoms with E-state index in [0.717, 1.165) is 0 Å². The lowest BCUT2D eigenvalue weighted by Gasteiger charge is -2.47. The standard InChI is InChI=1S/C10H17N5O4/c11-7-3-5-6(4-16)15(19)8(12)14-2-1-9(17,18)10(5,14)13-7/h5-6,16-18H,1-4,12H2,(H2,11,13). The molecule has 3 rings (SSSR count). The van der Waals surface area contributed by atoms with Crippen LogP contribution in [-0.4, -0.2) is 67.4 Å². The van der Waals surface area contributed by atoms with E-state index in [1.807, 2.05) is 0 Å². The molecule has 3 unspecified atom stereocenters. The summed E-state index contributed by atoms with van der Waals surface area (Å²) >= 11 is 0. The Hall–Kier alpha value is -1.58. The predicted molar refractivity (Wildman–Crippen MR) is 64.6 cm³/mol. The fourth-order valence-corrected chi connectivity index (χ4v) is 3.55. The van der Waals surface area contributed by atoms with E-state index in [1.54, 1.807) is 0 Å². The van der Waals surface area contributed by atoms with Gasteiger partial charge < -0.3 is 26.3 Å². The van der Waals surface area contributed by atoms with Gasteiger partial charge in [0.15, 0.2) is 0 Å². The van der Waals surface area contributed by atoms with Crippen molar-refractivity contribution in [1.82, 2.24) is 4.90 Å². The molecule has 3 aliphatic heterocycles. The van der Waals surface area contributed by atoms with Gasteiger partial charge in [-0.3, -0.25) is 10.5 Å². The van der Waals surface area contributed by atoms with Crippen molar-refractivity contribution < 1.29 is 20.1 Å². The van der Waals surface area contributed by atoms with Crippen LogP contribution in [0.15, 0.2) is 4.99 Å². The van der Waals surface area contributed by atoms with Gasteiger partial charge in [-0.15, -0.1) is 0 Å². The number of nitrogens with two attached hydrogens (primary N) is 2. The number of aliphatic imine (C=N–C) groups is 1. The van der Waals surface area contributed by atoms with Crippen LogP contribution in [0.4, 0.5) is 0 Å². The van der Waals surface area contributed by atoms with Crippen LogP contribution >= 0.6 is 0 Å². The molecular weight excluding hydrogens is 254 g/mol. The van der Waals surface area contributed by atoms with E-state index in [4.69, 9.17) is 11.5 Å². The molecule has 9 heteroatoms. The Labute approximate surface area is 109 Å². The zero-order chi connectivity index (χ0) is 14.0. The summed E-state index contributed by atoms with van der Waals surface area (Å²) in [5.74, 6) is -2.68. The van der Waals surface area contributed by atoms with Gasteiger partial charge in [0.25, 0.3) is 0 Å². The summed E-state index contributed by atoms with van der Waals surface area (Å²) in [6, 6.07) is -0.891. The monoisotopic (exact) mass is 271 g/mol. The van der Waals surface area contributed by atoms with Gasteiger partial charge in [-0.2, -0.15) is 0 Å². The molecule has 3 atom stereocenters. The number of guanidine groups is 1. The molecule has 0 saturated carbocycles. The second kappa shape index (κ2) is 3.50. The first-order valence-electron chi connectivity index (χ1n) is 6.11. The molecule has 0 aromatic heterocycles.